The van der Waals surface area contributed by atoms with Gasteiger partial charge < -0.3 is 19.3 Å². The van der Waals surface area contributed by atoms with Crippen LogP contribution >= 0.6 is 0 Å². The van der Waals surface area contributed by atoms with Crippen molar-refractivity contribution >= 4 is 0 Å². The Kier molecular flexibility index (Phi) is 7.28. The number of hydrogen-bond acceptors (Lipinski definition) is 4. The van der Waals surface area contributed by atoms with Crippen LogP contribution in [0.25, 0.3) is 0 Å². The summed E-state index contributed by atoms with van der Waals surface area (Å²) in [7, 11) is 0. The van der Waals surface area contributed by atoms with Crippen molar-refractivity contribution in [2.45, 2.75) is 37.6 Å². The van der Waals surface area contributed by atoms with Crippen molar-refractivity contribution < 1.29 is 19.3 Å². The molecule has 0 amide bonds. The molecule has 3 aromatic rings. The second-order valence-electron chi connectivity index (χ2n) is 7.81. The monoisotopic (exact) mass is 416 g/mol. The van der Waals surface area contributed by atoms with Gasteiger partial charge in [0.15, 0.2) is 0 Å². The van der Waals surface area contributed by atoms with Gasteiger partial charge in [-0.05, 0) is 22.8 Å². The Morgan fingerprint density at radius 1 is 0.645 bits per heavy atom. The molecule has 0 fully saturated rings. The first-order valence-corrected chi connectivity index (χ1v) is 10.6. The first-order chi connectivity index (χ1) is 15.2. The van der Waals surface area contributed by atoms with Gasteiger partial charge in [-0.2, -0.15) is 0 Å². The molecule has 0 bridgehead atoms. The topological polar surface area (TPSA) is 47.9 Å². The average Bonchev–Trinajstić information content (AvgIpc) is 3.13. The molecule has 0 aromatic heterocycles. The molecule has 4 rings (SSSR count). The smallest absolute Gasteiger partial charge is 0.135 e. The highest BCUT2D eigenvalue weighted by Gasteiger charge is 2.45. The number of aliphatic hydroxyl groups is 1. The van der Waals surface area contributed by atoms with E-state index in [0.29, 0.717) is 19.8 Å². The zero-order valence-electron chi connectivity index (χ0n) is 17.5. The van der Waals surface area contributed by atoms with E-state index in [2.05, 4.69) is 0 Å². The third-order valence-electron chi connectivity index (χ3n) is 5.37. The summed E-state index contributed by atoms with van der Waals surface area (Å²) in [5.41, 5.74) is 1.93. The van der Waals surface area contributed by atoms with Crippen molar-refractivity contribution in [3.63, 3.8) is 0 Å². The van der Waals surface area contributed by atoms with Gasteiger partial charge in [0.25, 0.3) is 0 Å². The normalized spacial score (nSPS) is 22.6. The number of benzene rings is 3. The highest BCUT2D eigenvalue weighted by atomic mass is 16.6. The number of rotatable bonds is 10. The summed E-state index contributed by atoms with van der Waals surface area (Å²) in [6.07, 6.45) is 2.70. The lowest BCUT2D eigenvalue weighted by molar-refractivity contribution is -0.156. The van der Waals surface area contributed by atoms with Gasteiger partial charge in [-0.3, -0.25) is 0 Å². The minimum atomic E-state index is -1.26. The maximum atomic E-state index is 11.4. The highest BCUT2D eigenvalue weighted by molar-refractivity contribution is 5.22. The van der Waals surface area contributed by atoms with E-state index in [1.54, 1.807) is 6.08 Å². The molecular formula is C27H28O4. The van der Waals surface area contributed by atoms with Crippen LogP contribution in [0, 0.1) is 0 Å². The summed E-state index contributed by atoms with van der Waals surface area (Å²) in [6.45, 7) is 1.39. The SMILES string of the molecule is O[C@]1(COCc2ccccc2)C=C[C@@H](OCc2ccccc2)[C@@H]1OCc1ccccc1. The third-order valence-corrected chi connectivity index (χ3v) is 5.37. The summed E-state index contributed by atoms with van der Waals surface area (Å²) >= 11 is 0. The predicted octanol–water partition coefficient (Wildman–Crippen LogP) is 4.67. The first-order valence-electron chi connectivity index (χ1n) is 10.6. The van der Waals surface area contributed by atoms with Gasteiger partial charge in [-0.15, -0.1) is 0 Å². The Morgan fingerprint density at radius 2 is 1.13 bits per heavy atom. The molecule has 0 radical (unpaired) electrons. The summed E-state index contributed by atoms with van der Waals surface area (Å²) in [6, 6.07) is 29.9. The molecule has 0 saturated heterocycles. The van der Waals surface area contributed by atoms with E-state index in [1.807, 2.05) is 97.1 Å². The second-order valence-corrected chi connectivity index (χ2v) is 7.81. The molecule has 0 unspecified atom stereocenters. The zero-order valence-corrected chi connectivity index (χ0v) is 17.5. The van der Waals surface area contributed by atoms with Crippen LogP contribution in [-0.2, 0) is 34.0 Å². The predicted molar refractivity (Wildman–Crippen MR) is 120 cm³/mol. The Morgan fingerprint density at radius 3 is 1.68 bits per heavy atom. The minimum absolute atomic E-state index is 0.128. The van der Waals surface area contributed by atoms with Crippen molar-refractivity contribution in [2.24, 2.45) is 0 Å². The fraction of sp³-hybridized carbons (Fsp3) is 0.259. The van der Waals surface area contributed by atoms with Crippen molar-refractivity contribution in [3.05, 3.63) is 120 Å². The highest BCUT2D eigenvalue weighted by Crippen LogP contribution is 2.31. The standard InChI is InChI=1S/C27H28O4/c28-27(21-29-18-22-10-4-1-5-11-22)17-16-25(30-19-23-12-6-2-7-13-23)26(27)31-20-24-14-8-3-9-15-24/h1-17,25-26,28H,18-21H2/t25-,26+,27+/m1/s1. The summed E-state index contributed by atoms with van der Waals surface area (Å²) < 4.78 is 18.2. The van der Waals surface area contributed by atoms with Crippen LogP contribution in [0.3, 0.4) is 0 Å². The molecule has 0 heterocycles. The van der Waals surface area contributed by atoms with Crippen LogP contribution in [0.15, 0.2) is 103 Å². The fourth-order valence-corrected chi connectivity index (χ4v) is 3.69. The fourth-order valence-electron chi connectivity index (χ4n) is 3.69. The molecule has 160 valence electrons. The molecule has 0 spiro atoms. The second kappa shape index (κ2) is 10.5. The van der Waals surface area contributed by atoms with Crippen molar-refractivity contribution in [2.75, 3.05) is 6.61 Å². The lowest BCUT2D eigenvalue weighted by Crippen LogP contribution is -2.48. The van der Waals surface area contributed by atoms with E-state index in [0.717, 1.165) is 16.7 Å². The van der Waals surface area contributed by atoms with Crippen molar-refractivity contribution in [3.8, 4) is 0 Å². The largest absolute Gasteiger partial charge is 0.380 e. The molecule has 0 aliphatic heterocycles. The first kappa shape index (κ1) is 21.5. The van der Waals surface area contributed by atoms with Crippen molar-refractivity contribution in [1.82, 2.24) is 0 Å². The van der Waals surface area contributed by atoms with Gasteiger partial charge in [-0.25, -0.2) is 0 Å². The van der Waals surface area contributed by atoms with Crippen LogP contribution in [0.5, 0.6) is 0 Å². The average molecular weight is 417 g/mol. The van der Waals surface area contributed by atoms with Crippen LogP contribution < -0.4 is 0 Å². The summed E-state index contributed by atoms with van der Waals surface area (Å²) in [4.78, 5) is 0. The quantitative estimate of drug-likeness (QED) is 0.488. The molecule has 3 aromatic carbocycles. The molecule has 1 N–H and O–H groups in total. The molecule has 1 aliphatic rings. The Labute approximate surface area is 183 Å². The van der Waals surface area contributed by atoms with Crippen LogP contribution in [0.4, 0.5) is 0 Å². The van der Waals surface area contributed by atoms with Crippen LogP contribution in [0.2, 0.25) is 0 Å². The van der Waals surface area contributed by atoms with Gasteiger partial charge in [0.05, 0.1) is 26.4 Å². The number of hydrogen-bond donors (Lipinski definition) is 1. The van der Waals surface area contributed by atoms with E-state index in [1.165, 1.54) is 0 Å². The van der Waals surface area contributed by atoms with E-state index >= 15 is 0 Å². The van der Waals surface area contributed by atoms with E-state index in [9.17, 15) is 5.11 Å². The Bertz CT molecular complexity index is 943. The molecule has 4 heteroatoms. The van der Waals surface area contributed by atoms with Crippen molar-refractivity contribution in [1.29, 1.82) is 0 Å². The van der Waals surface area contributed by atoms with Crippen LogP contribution in [0.1, 0.15) is 16.7 Å². The zero-order chi connectivity index (χ0) is 21.4. The molecule has 4 nitrogen and oxygen atoms in total. The van der Waals surface area contributed by atoms with Gasteiger partial charge in [0, 0.05) is 0 Å². The summed E-state index contributed by atoms with van der Waals surface area (Å²) in [5, 5.41) is 11.4. The van der Waals surface area contributed by atoms with E-state index in [4.69, 9.17) is 14.2 Å². The lowest BCUT2D eigenvalue weighted by atomic mass is 10.0. The Hall–Kier alpha value is -2.76. The van der Waals surface area contributed by atoms with E-state index in [-0.39, 0.29) is 12.7 Å². The van der Waals surface area contributed by atoms with Gasteiger partial charge >= 0.3 is 0 Å². The van der Waals surface area contributed by atoms with Gasteiger partial charge in [0.1, 0.15) is 17.8 Å². The minimum Gasteiger partial charge on any atom is -0.380 e. The molecule has 0 saturated carbocycles. The van der Waals surface area contributed by atoms with Crippen LogP contribution in [-0.4, -0.2) is 29.5 Å². The maximum Gasteiger partial charge on any atom is 0.135 e. The van der Waals surface area contributed by atoms with Gasteiger partial charge in [0.2, 0.25) is 0 Å². The van der Waals surface area contributed by atoms with Gasteiger partial charge in [-0.1, -0.05) is 97.1 Å². The Balaban J connectivity index is 1.41. The third kappa shape index (κ3) is 5.90. The molecule has 3 atom stereocenters. The molecule has 1 aliphatic carbocycles. The lowest BCUT2D eigenvalue weighted by Gasteiger charge is -2.32. The maximum absolute atomic E-state index is 11.4. The molecular weight excluding hydrogens is 388 g/mol. The van der Waals surface area contributed by atoms with E-state index < -0.39 is 11.7 Å². The molecule has 31 heavy (non-hydrogen) atoms. The summed E-state index contributed by atoms with van der Waals surface area (Å²) in [5.74, 6) is 0. The number of ether oxygens (including phenoxy) is 3.